The van der Waals surface area contributed by atoms with E-state index in [1.54, 1.807) is 13.8 Å². The Bertz CT molecular complexity index is 477. The molecule has 0 spiro atoms. The van der Waals surface area contributed by atoms with Crippen molar-refractivity contribution in [2.24, 2.45) is 5.92 Å². The second-order valence-electron chi connectivity index (χ2n) is 5.50. The summed E-state index contributed by atoms with van der Waals surface area (Å²) < 4.78 is 0. The molecule has 23 heavy (non-hydrogen) atoms. The third-order valence-electron chi connectivity index (χ3n) is 2.95. The molecular weight excluding hydrogens is 306 g/mol. The van der Waals surface area contributed by atoms with Crippen molar-refractivity contribution >= 4 is 30.0 Å². The van der Waals surface area contributed by atoms with E-state index in [2.05, 4.69) is 16.0 Å². The first-order chi connectivity index (χ1) is 10.6. The first-order valence-corrected chi connectivity index (χ1v) is 7.13. The number of carbonyl (C=O) groups is 5. The summed E-state index contributed by atoms with van der Waals surface area (Å²) in [4.78, 5) is 56.4. The number of carbonyl (C=O) groups excluding carboxylic acids is 4. The van der Waals surface area contributed by atoms with Gasteiger partial charge in [0.15, 0.2) is 0 Å². The average Bonchev–Trinajstić information content (AvgIpc) is 2.42. The lowest BCUT2D eigenvalue weighted by molar-refractivity contribution is -0.139. The van der Waals surface area contributed by atoms with E-state index in [1.165, 1.54) is 13.8 Å². The maximum atomic E-state index is 12.1. The fraction of sp³-hybridized carbons (Fsp3) is 0.643. The maximum absolute atomic E-state index is 12.1. The topological polar surface area (TPSA) is 142 Å². The molecule has 0 rings (SSSR count). The van der Waals surface area contributed by atoms with Crippen LogP contribution >= 0.6 is 0 Å². The van der Waals surface area contributed by atoms with E-state index in [4.69, 9.17) is 5.11 Å². The number of hydrogen-bond donors (Lipinski definition) is 4. The number of rotatable bonds is 9. The highest BCUT2D eigenvalue weighted by molar-refractivity contribution is 5.92. The minimum absolute atomic E-state index is 0.191. The van der Waals surface area contributed by atoms with Gasteiger partial charge < -0.3 is 25.9 Å². The molecule has 0 aromatic heterocycles. The molecule has 0 aromatic carbocycles. The second kappa shape index (κ2) is 9.54. The minimum Gasteiger partial charge on any atom is -0.481 e. The van der Waals surface area contributed by atoms with E-state index in [0.29, 0.717) is 6.29 Å². The minimum atomic E-state index is -1.23. The Kier molecular flexibility index (Phi) is 8.53. The van der Waals surface area contributed by atoms with Crippen LogP contribution in [0.15, 0.2) is 0 Å². The van der Waals surface area contributed by atoms with Crippen LogP contribution in [0.4, 0.5) is 0 Å². The molecule has 3 atom stereocenters. The molecule has 0 aliphatic rings. The zero-order valence-electron chi connectivity index (χ0n) is 13.6. The molecule has 0 aliphatic heterocycles. The molecule has 9 nitrogen and oxygen atoms in total. The van der Waals surface area contributed by atoms with Crippen molar-refractivity contribution in [3.8, 4) is 0 Å². The zero-order valence-corrected chi connectivity index (χ0v) is 13.6. The first kappa shape index (κ1) is 20.6. The molecule has 0 aliphatic carbocycles. The third kappa shape index (κ3) is 7.93. The number of aldehydes is 1. The Morgan fingerprint density at radius 3 is 1.96 bits per heavy atom. The number of amides is 3. The summed E-state index contributed by atoms with van der Waals surface area (Å²) in [6, 6.07) is -2.96. The summed E-state index contributed by atoms with van der Waals surface area (Å²) in [7, 11) is 0. The lowest BCUT2D eigenvalue weighted by Crippen LogP contribution is -2.55. The molecule has 0 heterocycles. The predicted molar refractivity (Wildman–Crippen MR) is 80.3 cm³/mol. The predicted octanol–water partition coefficient (Wildman–Crippen LogP) is -1.19. The van der Waals surface area contributed by atoms with E-state index in [9.17, 15) is 24.0 Å². The van der Waals surface area contributed by atoms with E-state index >= 15 is 0 Å². The summed E-state index contributed by atoms with van der Waals surface area (Å²) in [6.07, 6.45) is -0.231. The lowest BCUT2D eigenvalue weighted by Gasteiger charge is -2.23. The summed E-state index contributed by atoms with van der Waals surface area (Å²) >= 11 is 0. The van der Waals surface area contributed by atoms with Crippen LogP contribution in [-0.4, -0.2) is 53.2 Å². The van der Waals surface area contributed by atoms with Gasteiger partial charge in [-0.15, -0.1) is 0 Å². The summed E-state index contributed by atoms with van der Waals surface area (Å²) in [5.74, 6) is -3.03. The van der Waals surface area contributed by atoms with Gasteiger partial charge >= 0.3 is 5.97 Å². The van der Waals surface area contributed by atoms with Crippen LogP contribution in [0.1, 0.15) is 34.1 Å². The Morgan fingerprint density at radius 1 is 1.00 bits per heavy atom. The molecule has 0 unspecified atom stereocenters. The highest BCUT2D eigenvalue weighted by Gasteiger charge is 2.27. The zero-order chi connectivity index (χ0) is 18.2. The van der Waals surface area contributed by atoms with Crippen molar-refractivity contribution in [2.75, 3.05) is 0 Å². The number of nitrogens with one attached hydrogen (secondary N) is 3. The summed E-state index contributed by atoms with van der Waals surface area (Å²) in [5.41, 5.74) is 0. The van der Waals surface area contributed by atoms with Gasteiger partial charge in [0.05, 0.1) is 12.5 Å². The third-order valence-corrected chi connectivity index (χ3v) is 2.95. The van der Waals surface area contributed by atoms with Crippen LogP contribution in [0.25, 0.3) is 0 Å². The average molecular weight is 329 g/mol. The van der Waals surface area contributed by atoms with Crippen LogP contribution in [-0.2, 0) is 24.0 Å². The lowest BCUT2D eigenvalue weighted by atomic mass is 10.0. The normalized spacial score (nSPS) is 14.3. The highest BCUT2D eigenvalue weighted by Crippen LogP contribution is 2.02. The first-order valence-electron chi connectivity index (χ1n) is 7.13. The second-order valence-corrected chi connectivity index (χ2v) is 5.50. The van der Waals surface area contributed by atoms with E-state index in [1.807, 2.05) is 0 Å². The van der Waals surface area contributed by atoms with E-state index < -0.39 is 42.3 Å². The standard InChI is InChI=1S/C14H23N3O6/c1-7(2)12(16-9(4)19)14(23)15-8(3)13(22)17-10(6-18)5-11(20)21/h6-8,10,12H,5H2,1-4H3,(H,15,23)(H,16,19)(H,17,22)(H,20,21)/t8-,10-,12+/m1/s1. The molecular formula is C14H23N3O6. The van der Waals surface area contributed by atoms with Gasteiger partial charge in [-0.2, -0.15) is 0 Å². The van der Waals surface area contributed by atoms with Crippen LogP contribution in [0.5, 0.6) is 0 Å². The van der Waals surface area contributed by atoms with Crippen LogP contribution in [0.3, 0.4) is 0 Å². The van der Waals surface area contributed by atoms with Crippen molar-refractivity contribution in [3.05, 3.63) is 0 Å². The fourth-order valence-corrected chi connectivity index (χ4v) is 1.75. The number of hydrogen-bond acceptors (Lipinski definition) is 5. The van der Waals surface area contributed by atoms with E-state index in [-0.39, 0.29) is 11.8 Å². The molecule has 0 saturated carbocycles. The molecule has 0 radical (unpaired) electrons. The van der Waals surface area contributed by atoms with E-state index in [0.717, 1.165) is 0 Å². The van der Waals surface area contributed by atoms with Crippen molar-refractivity contribution in [2.45, 2.75) is 52.2 Å². The van der Waals surface area contributed by atoms with Crippen molar-refractivity contribution in [3.63, 3.8) is 0 Å². The molecule has 130 valence electrons. The van der Waals surface area contributed by atoms with Gasteiger partial charge in [-0.3, -0.25) is 19.2 Å². The molecule has 0 aromatic rings. The number of carboxylic acids is 1. The van der Waals surface area contributed by atoms with Crippen molar-refractivity contribution < 1.29 is 29.1 Å². The largest absolute Gasteiger partial charge is 0.481 e. The van der Waals surface area contributed by atoms with Crippen molar-refractivity contribution in [1.82, 2.24) is 16.0 Å². The van der Waals surface area contributed by atoms with Gasteiger partial charge in [-0.25, -0.2) is 0 Å². The maximum Gasteiger partial charge on any atom is 0.305 e. The molecule has 3 amide bonds. The summed E-state index contributed by atoms with van der Waals surface area (Å²) in [6.45, 7) is 6.14. The monoisotopic (exact) mass is 329 g/mol. The van der Waals surface area contributed by atoms with Gasteiger partial charge in [-0.05, 0) is 12.8 Å². The molecule has 0 saturated heterocycles. The summed E-state index contributed by atoms with van der Waals surface area (Å²) in [5, 5.41) is 15.7. The quantitative estimate of drug-likeness (QED) is 0.392. The van der Waals surface area contributed by atoms with Gasteiger partial charge in [0, 0.05) is 6.92 Å². The van der Waals surface area contributed by atoms with Crippen LogP contribution in [0, 0.1) is 5.92 Å². The van der Waals surface area contributed by atoms with Gasteiger partial charge in [0.1, 0.15) is 18.4 Å². The number of carboxylic acid groups (broad SMARTS) is 1. The van der Waals surface area contributed by atoms with Gasteiger partial charge in [0.2, 0.25) is 17.7 Å². The van der Waals surface area contributed by atoms with Gasteiger partial charge in [-0.1, -0.05) is 13.8 Å². The Balaban J connectivity index is 4.70. The smallest absolute Gasteiger partial charge is 0.305 e. The Hall–Kier alpha value is -2.45. The van der Waals surface area contributed by atoms with Crippen molar-refractivity contribution in [1.29, 1.82) is 0 Å². The highest BCUT2D eigenvalue weighted by atomic mass is 16.4. The van der Waals surface area contributed by atoms with Crippen LogP contribution < -0.4 is 16.0 Å². The number of aliphatic carboxylic acids is 1. The molecule has 4 N–H and O–H groups in total. The Labute approximate surface area is 134 Å². The Morgan fingerprint density at radius 2 is 1.57 bits per heavy atom. The van der Waals surface area contributed by atoms with Gasteiger partial charge in [0.25, 0.3) is 0 Å². The molecule has 9 heteroatoms. The fourth-order valence-electron chi connectivity index (χ4n) is 1.75. The molecule has 0 bridgehead atoms. The van der Waals surface area contributed by atoms with Crippen LogP contribution in [0.2, 0.25) is 0 Å². The SMILES string of the molecule is CC(=O)N[C@H](C(=O)N[C@H](C)C(=O)N[C@@H](C=O)CC(=O)O)C(C)C. The molecule has 0 fully saturated rings.